The molecular weight excluding hydrogens is 266 g/mol. The second-order valence-electron chi connectivity index (χ2n) is 4.97. The van der Waals surface area contributed by atoms with Crippen molar-refractivity contribution in [2.75, 3.05) is 7.11 Å². The highest BCUT2D eigenvalue weighted by molar-refractivity contribution is 7.89. The summed E-state index contributed by atoms with van der Waals surface area (Å²) in [7, 11) is -2.13. The average Bonchev–Trinajstić information content (AvgIpc) is 2.36. The van der Waals surface area contributed by atoms with Crippen molar-refractivity contribution in [1.82, 2.24) is 4.72 Å². The van der Waals surface area contributed by atoms with Gasteiger partial charge in [-0.05, 0) is 38.5 Å². The Labute approximate surface area is 114 Å². The summed E-state index contributed by atoms with van der Waals surface area (Å²) in [6.07, 6.45) is 0.676. The quantitative estimate of drug-likeness (QED) is 0.834. The van der Waals surface area contributed by atoms with Crippen molar-refractivity contribution in [3.8, 4) is 5.75 Å². The summed E-state index contributed by atoms with van der Waals surface area (Å²) in [4.78, 5) is 0.124. The van der Waals surface area contributed by atoms with E-state index in [2.05, 4.69) is 4.72 Å². The number of ether oxygens (including phenoxy) is 1. The van der Waals surface area contributed by atoms with Gasteiger partial charge in [0.15, 0.2) is 0 Å². The molecule has 0 atom stereocenters. The van der Waals surface area contributed by atoms with Gasteiger partial charge in [-0.2, -0.15) is 0 Å². The number of aliphatic hydroxyl groups excluding tert-OH is 1. The van der Waals surface area contributed by atoms with Crippen LogP contribution >= 0.6 is 0 Å². The van der Waals surface area contributed by atoms with Crippen molar-refractivity contribution in [2.24, 2.45) is 0 Å². The van der Waals surface area contributed by atoms with Crippen molar-refractivity contribution in [3.05, 3.63) is 23.8 Å². The van der Waals surface area contributed by atoms with Crippen LogP contribution in [0.15, 0.2) is 23.1 Å². The van der Waals surface area contributed by atoms with Crippen molar-refractivity contribution in [1.29, 1.82) is 0 Å². The molecule has 0 bridgehead atoms. The van der Waals surface area contributed by atoms with Crippen LogP contribution in [-0.2, 0) is 16.6 Å². The fourth-order valence-electron chi connectivity index (χ4n) is 1.54. The third-order valence-corrected chi connectivity index (χ3v) is 4.72. The number of benzene rings is 1. The van der Waals surface area contributed by atoms with Crippen LogP contribution in [0.4, 0.5) is 0 Å². The Hall–Kier alpha value is -1.11. The number of sulfonamides is 1. The van der Waals surface area contributed by atoms with Gasteiger partial charge in [0.05, 0.1) is 18.6 Å². The van der Waals surface area contributed by atoms with E-state index in [-0.39, 0.29) is 11.5 Å². The zero-order chi connectivity index (χ0) is 14.7. The lowest BCUT2D eigenvalue weighted by Gasteiger charge is -2.24. The maximum Gasteiger partial charge on any atom is 0.241 e. The number of aliphatic hydroxyl groups is 1. The predicted octanol–water partition coefficient (Wildman–Crippen LogP) is 1.65. The summed E-state index contributed by atoms with van der Waals surface area (Å²) < 4.78 is 32.2. The minimum atomic E-state index is -3.60. The molecule has 1 aromatic rings. The minimum Gasteiger partial charge on any atom is -0.496 e. The molecule has 5 nitrogen and oxygen atoms in total. The van der Waals surface area contributed by atoms with E-state index >= 15 is 0 Å². The number of methoxy groups -OCH3 is 1. The van der Waals surface area contributed by atoms with Gasteiger partial charge in [-0.3, -0.25) is 0 Å². The van der Waals surface area contributed by atoms with E-state index in [9.17, 15) is 13.5 Å². The first-order valence-corrected chi connectivity index (χ1v) is 7.56. The van der Waals surface area contributed by atoms with Gasteiger partial charge in [0.25, 0.3) is 0 Å². The summed E-state index contributed by atoms with van der Waals surface area (Å²) >= 11 is 0. The molecule has 0 unspecified atom stereocenters. The molecule has 0 aliphatic carbocycles. The SMILES string of the molecule is CCC(C)(C)NS(=O)(=O)c1ccc(OC)c(CO)c1. The molecule has 1 rings (SSSR count). The number of nitrogens with one attached hydrogen (secondary N) is 1. The summed E-state index contributed by atoms with van der Waals surface area (Å²) in [5.74, 6) is 0.469. The Bertz CT molecular complexity index is 538. The van der Waals surface area contributed by atoms with Crippen LogP contribution in [0.3, 0.4) is 0 Å². The van der Waals surface area contributed by atoms with Crippen molar-refractivity contribution in [2.45, 2.75) is 44.2 Å². The molecule has 0 heterocycles. The van der Waals surface area contributed by atoms with E-state index in [4.69, 9.17) is 4.74 Å². The van der Waals surface area contributed by atoms with Crippen LogP contribution in [0, 0.1) is 0 Å². The van der Waals surface area contributed by atoms with Gasteiger partial charge < -0.3 is 9.84 Å². The fraction of sp³-hybridized carbons (Fsp3) is 0.538. The predicted molar refractivity (Wildman–Crippen MR) is 73.6 cm³/mol. The third-order valence-electron chi connectivity index (χ3n) is 3.03. The fourth-order valence-corrected chi connectivity index (χ4v) is 3.07. The molecule has 0 amide bonds. The number of hydrogen-bond acceptors (Lipinski definition) is 4. The van der Waals surface area contributed by atoms with Gasteiger partial charge in [-0.15, -0.1) is 0 Å². The van der Waals surface area contributed by atoms with Crippen LogP contribution in [0.2, 0.25) is 0 Å². The van der Waals surface area contributed by atoms with Gasteiger partial charge in [0.2, 0.25) is 10.0 Å². The van der Waals surface area contributed by atoms with Crippen LogP contribution < -0.4 is 9.46 Å². The maximum atomic E-state index is 12.2. The zero-order valence-corrected chi connectivity index (χ0v) is 12.5. The normalized spacial score (nSPS) is 12.5. The monoisotopic (exact) mass is 287 g/mol. The van der Waals surface area contributed by atoms with Crippen LogP contribution in [0.5, 0.6) is 5.75 Å². The lowest BCUT2D eigenvalue weighted by Crippen LogP contribution is -2.42. The summed E-state index contributed by atoms with van der Waals surface area (Å²) in [5, 5.41) is 9.22. The lowest BCUT2D eigenvalue weighted by atomic mass is 10.0. The van der Waals surface area contributed by atoms with Crippen LogP contribution in [0.1, 0.15) is 32.8 Å². The molecule has 0 spiro atoms. The second-order valence-corrected chi connectivity index (χ2v) is 6.66. The third kappa shape index (κ3) is 3.92. The van der Waals surface area contributed by atoms with Crippen LogP contribution in [-0.4, -0.2) is 26.2 Å². The van der Waals surface area contributed by atoms with Crippen molar-refractivity contribution >= 4 is 10.0 Å². The van der Waals surface area contributed by atoms with E-state index in [1.165, 1.54) is 19.2 Å². The number of rotatable bonds is 6. The maximum absolute atomic E-state index is 12.2. The standard InChI is InChI=1S/C13H21NO4S/c1-5-13(2,3)14-19(16,17)11-6-7-12(18-4)10(8-11)9-15/h6-8,14-15H,5,9H2,1-4H3. The molecule has 0 aliphatic heterocycles. The number of hydrogen-bond donors (Lipinski definition) is 2. The molecule has 6 heteroatoms. The molecular formula is C13H21NO4S. The molecule has 0 fully saturated rings. The molecule has 108 valence electrons. The van der Waals surface area contributed by atoms with E-state index in [0.717, 1.165) is 0 Å². The highest BCUT2D eigenvalue weighted by atomic mass is 32.2. The Morgan fingerprint density at radius 1 is 1.37 bits per heavy atom. The molecule has 0 saturated carbocycles. The summed E-state index contributed by atoms with van der Waals surface area (Å²) in [6, 6.07) is 4.43. The van der Waals surface area contributed by atoms with Crippen LogP contribution in [0.25, 0.3) is 0 Å². The topological polar surface area (TPSA) is 75.6 Å². The van der Waals surface area contributed by atoms with Crippen molar-refractivity contribution in [3.63, 3.8) is 0 Å². The zero-order valence-electron chi connectivity index (χ0n) is 11.7. The van der Waals surface area contributed by atoms with Gasteiger partial charge in [0.1, 0.15) is 5.75 Å². The summed E-state index contributed by atoms with van der Waals surface area (Å²) in [5.41, 5.74) is -0.0716. The first kappa shape index (κ1) is 15.9. The molecule has 19 heavy (non-hydrogen) atoms. The van der Waals surface area contributed by atoms with E-state index in [0.29, 0.717) is 17.7 Å². The molecule has 1 aromatic carbocycles. The molecule has 0 aliphatic rings. The van der Waals surface area contributed by atoms with Crippen molar-refractivity contribution < 1.29 is 18.3 Å². The molecule has 2 N–H and O–H groups in total. The molecule has 0 saturated heterocycles. The van der Waals surface area contributed by atoms with Gasteiger partial charge >= 0.3 is 0 Å². The lowest BCUT2D eigenvalue weighted by molar-refractivity contribution is 0.273. The average molecular weight is 287 g/mol. The Morgan fingerprint density at radius 3 is 2.47 bits per heavy atom. The second kappa shape index (κ2) is 5.90. The van der Waals surface area contributed by atoms with E-state index in [1.807, 2.05) is 20.8 Å². The van der Waals surface area contributed by atoms with E-state index in [1.54, 1.807) is 6.07 Å². The molecule has 0 aromatic heterocycles. The smallest absolute Gasteiger partial charge is 0.241 e. The largest absolute Gasteiger partial charge is 0.496 e. The molecule has 0 radical (unpaired) electrons. The highest BCUT2D eigenvalue weighted by Crippen LogP contribution is 2.23. The minimum absolute atomic E-state index is 0.124. The first-order chi connectivity index (χ1) is 8.75. The Balaban J connectivity index is 3.16. The van der Waals surface area contributed by atoms with Gasteiger partial charge in [0, 0.05) is 11.1 Å². The van der Waals surface area contributed by atoms with E-state index < -0.39 is 15.6 Å². The van der Waals surface area contributed by atoms with Gasteiger partial charge in [-0.1, -0.05) is 6.92 Å². The Kier molecular flexibility index (Phi) is 4.95. The first-order valence-electron chi connectivity index (χ1n) is 6.07. The Morgan fingerprint density at radius 2 is 2.00 bits per heavy atom. The highest BCUT2D eigenvalue weighted by Gasteiger charge is 2.25. The summed E-state index contributed by atoms with van der Waals surface area (Å²) in [6.45, 7) is 5.28. The van der Waals surface area contributed by atoms with Gasteiger partial charge in [-0.25, -0.2) is 13.1 Å².